The molecule has 1 aromatic heterocycles. The van der Waals surface area contributed by atoms with Crippen LogP contribution in [0.4, 0.5) is 0 Å². The Morgan fingerprint density at radius 1 is 1.14 bits per heavy atom. The molecule has 0 fully saturated rings. The summed E-state index contributed by atoms with van der Waals surface area (Å²) in [6.07, 6.45) is 0.871. The first-order valence-corrected chi connectivity index (χ1v) is 9.97. The Labute approximate surface area is 172 Å². The molecule has 0 saturated heterocycles. The molecule has 0 radical (unpaired) electrons. The van der Waals surface area contributed by atoms with Gasteiger partial charge in [0.05, 0.1) is 13.1 Å². The van der Waals surface area contributed by atoms with Gasteiger partial charge in [0.25, 0.3) is 0 Å². The molecule has 0 saturated carbocycles. The molecular weight excluding hydrogens is 374 g/mol. The van der Waals surface area contributed by atoms with E-state index in [0.717, 1.165) is 34.9 Å². The highest BCUT2D eigenvalue weighted by atomic mass is 35.5. The summed E-state index contributed by atoms with van der Waals surface area (Å²) in [5.41, 5.74) is 3.97. The van der Waals surface area contributed by atoms with Crippen LogP contribution in [-0.2, 0) is 17.8 Å². The average molecular weight is 404 g/mol. The van der Waals surface area contributed by atoms with Crippen molar-refractivity contribution in [2.45, 2.75) is 46.7 Å². The summed E-state index contributed by atoms with van der Waals surface area (Å²) in [5.74, 6) is -0.0376. The summed E-state index contributed by atoms with van der Waals surface area (Å²) in [4.78, 5) is 26.4. The lowest BCUT2D eigenvalue weighted by molar-refractivity contribution is -0.122. The van der Waals surface area contributed by atoms with Crippen molar-refractivity contribution in [3.8, 4) is 0 Å². The van der Waals surface area contributed by atoms with Crippen molar-refractivity contribution in [2.75, 3.05) is 20.1 Å². The topological polar surface area (TPSA) is 54.3 Å². The quantitative estimate of drug-likeness (QED) is 0.650. The molecule has 2 aromatic rings. The molecule has 28 heavy (non-hydrogen) atoms. The van der Waals surface area contributed by atoms with Gasteiger partial charge in [0.1, 0.15) is 0 Å². The van der Waals surface area contributed by atoms with Gasteiger partial charge >= 0.3 is 0 Å². The number of nitrogens with zero attached hydrogens (tertiary/aromatic N) is 2. The molecule has 5 nitrogen and oxygen atoms in total. The smallest absolute Gasteiger partial charge is 0.234 e. The molecule has 0 spiro atoms. The SMILES string of the molecule is Cc1cc(C(=O)CN(C)CC(=O)NC(C)C)c(C)n1CCc1ccc(Cl)cc1. The van der Waals surface area contributed by atoms with Crippen LogP contribution >= 0.6 is 11.6 Å². The summed E-state index contributed by atoms with van der Waals surface area (Å²) < 4.78 is 2.17. The minimum absolute atomic E-state index is 0.0330. The summed E-state index contributed by atoms with van der Waals surface area (Å²) in [6.45, 7) is 9.06. The summed E-state index contributed by atoms with van der Waals surface area (Å²) >= 11 is 5.94. The maximum absolute atomic E-state index is 12.8. The van der Waals surface area contributed by atoms with Crippen LogP contribution in [0.15, 0.2) is 30.3 Å². The minimum Gasteiger partial charge on any atom is -0.353 e. The van der Waals surface area contributed by atoms with E-state index in [2.05, 4.69) is 9.88 Å². The Bertz CT molecular complexity index is 825. The highest BCUT2D eigenvalue weighted by Gasteiger charge is 2.18. The van der Waals surface area contributed by atoms with Crippen LogP contribution in [0, 0.1) is 13.8 Å². The van der Waals surface area contributed by atoms with Gasteiger partial charge in [0, 0.05) is 34.6 Å². The number of likely N-dealkylation sites (N-methyl/N-ethyl adjacent to an activating group) is 1. The molecule has 1 amide bonds. The molecule has 0 aliphatic rings. The van der Waals surface area contributed by atoms with Gasteiger partial charge in [-0.1, -0.05) is 23.7 Å². The Kier molecular flexibility index (Phi) is 7.84. The van der Waals surface area contributed by atoms with E-state index >= 15 is 0 Å². The molecule has 0 atom stereocenters. The van der Waals surface area contributed by atoms with Crippen LogP contribution in [-0.4, -0.2) is 47.3 Å². The summed E-state index contributed by atoms with van der Waals surface area (Å²) in [6, 6.07) is 9.89. The van der Waals surface area contributed by atoms with Gasteiger partial charge in [-0.2, -0.15) is 0 Å². The van der Waals surface area contributed by atoms with E-state index in [0.29, 0.717) is 0 Å². The lowest BCUT2D eigenvalue weighted by Crippen LogP contribution is -2.40. The third-order valence-electron chi connectivity index (χ3n) is 4.69. The number of aryl methyl sites for hydroxylation is 2. The molecule has 0 aliphatic heterocycles. The number of rotatable bonds is 9. The second-order valence-electron chi connectivity index (χ2n) is 7.63. The number of nitrogens with one attached hydrogen (secondary N) is 1. The molecule has 0 unspecified atom stereocenters. The van der Waals surface area contributed by atoms with Crippen molar-refractivity contribution in [1.29, 1.82) is 0 Å². The predicted octanol–water partition coefficient (Wildman–Crippen LogP) is 3.64. The average Bonchev–Trinajstić information content (AvgIpc) is 2.88. The molecule has 1 aromatic carbocycles. The number of carbonyl (C=O) groups is 2. The Morgan fingerprint density at radius 3 is 2.39 bits per heavy atom. The Hall–Kier alpha value is -2.11. The standard InChI is InChI=1S/C22H30ClN3O2/c1-15(2)24-22(28)14-25(5)13-21(27)20-12-16(3)26(17(20)4)11-10-18-6-8-19(23)9-7-18/h6-9,12,15H,10-11,13-14H2,1-5H3,(H,24,28). The molecule has 6 heteroatoms. The zero-order valence-corrected chi connectivity index (χ0v) is 18.1. The van der Waals surface area contributed by atoms with Crippen molar-refractivity contribution in [3.63, 3.8) is 0 Å². The molecule has 2 rings (SSSR count). The molecule has 0 aliphatic carbocycles. The van der Waals surface area contributed by atoms with Crippen molar-refractivity contribution < 1.29 is 9.59 Å². The molecule has 152 valence electrons. The fraction of sp³-hybridized carbons (Fsp3) is 0.455. The summed E-state index contributed by atoms with van der Waals surface area (Å²) in [5, 5.41) is 3.58. The van der Waals surface area contributed by atoms with E-state index in [1.165, 1.54) is 5.56 Å². The highest BCUT2D eigenvalue weighted by molar-refractivity contribution is 6.30. The maximum Gasteiger partial charge on any atom is 0.234 e. The molecule has 1 heterocycles. The van der Waals surface area contributed by atoms with Crippen LogP contribution in [0.25, 0.3) is 0 Å². The minimum atomic E-state index is -0.0706. The van der Waals surface area contributed by atoms with E-state index in [9.17, 15) is 9.59 Å². The second kappa shape index (κ2) is 9.89. The van der Waals surface area contributed by atoms with Crippen molar-refractivity contribution in [1.82, 2.24) is 14.8 Å². The highest BCUT2D eigenvalue weighted by Crippen LogP contribution is 2.18. The largest absolute Gasteiger partial charge is 0.353 e. The first-order valence-electron chi connectivity index (χ1n) is 9.59. The number of hydrogen-bond acceptors (Lipinski definition) is 3. The number of hydrogen-bond donors (Lipinski definition) is 1. The van der Waals surface area contributed by atoms with Gasteiger partial charge in [-0.25, -0.2) is 0 Å². The third kappa shape index (κ3) is 6.21. The van der Waals surface area contributed by atoms with Gasteiger partial charge in [0.2, 0.25) is 5.91 Å². The number of carbonyl (C=O) groups excluding carboxylic acids is 2. The molecule has 1 N–H and O–H groups in total. The van der Waals surface area contributed by atoms with Crippen molar-refractivity contribution >= 4 is 23.3 Å². The molecular formula is C22H30ClN3O2. The van der Waals surface area contributed by atoms with Crippen molar-refractivity contribution in [2.24, 2.45) is 0 Å². The predicted molar refractivity (Wildman–Crippen MR) is 114 cm³/mol. The van der Waals surface area contributed by atoms with E-state index in [1.54, 1.807) is 11.9 Å². The zero-order chi connectivity index (χ0) is 20.8. The number of benzene rings is 1. The van der Waals surface area contributed by atoms with Gasteiger partial charge < -0.3 is 9.88 Å². The van der Waals surface area contributed by atoms with E-state index in [1.807, 2.05) is 58.0 Å². The van der Waals surface area contributed by atoms with E-state index in [-0.39, 0.29) is 30.8 Å². The van der Waals surface area contributed by atoms with Gasteiger partial charge in [0.15, 0.2) is 5.78 Å². The second-order valence-corrected chi connectivity index (χ2v) is 8.07. The van der Waals surface area contributed by atoms with Crippen LogP contribution in [0.2, 0.25) is 5.02 Å². The number of amides is 1. The fourth-order valence-corrected chi connectivity index (χ4v) is 3.44. The van der Waals surface area contributed by atoms with Crippen LogP contribution in [0.1, 0.15) is 41.2 Å². The van der Waals surface area contributed by atoms with Crippen LogP contribution in [0.5, 0.6) is 0 Å². The Balaban J connectivity index is 2.00. The molecule has 0 bridgehead atoms. The number of Topliss-reactive ketones (excluding diaryl/α,β-unsaturated/α-hetero) is 1. The number of halogens is 1. The van der Waals surface area contributed by atoms with Crippen molar-refractivity contribution in [3.05, 3.63) is 57.9 Å². The lowest BCUT2D eigenvalue weighted by Gasteiger charge is -2.17. The lowest BCUT2D eigenvalue weighted by atomic mass is 10.1. The fourth-order valence-electron chi connectivity index (χ4n) is 3.32. The zero-order valence-electron chi connectivity index (χ0n) is 17.4. The first kappa shape index (κ1) is 22.2. The van der Waals surface area contributed by atoms with Gasteiger partial charge in [-0.3, -0.25) is 14.5 Å². The van der Waals surface area contributed by atoms with Crippen LogP contribution in [0.3, 0.4) is 0 Å². The normalized spacial score (nSPS) is 11.3. The number of ketones is 1. The van der Waals surface area contributed by atoms with Crippen LogP contribution < -0.4 is 5.32 Å². The monoisotopic (exact) mass is 403 g/mol. The Morgan fingerprint density at radius 2 is 1.79 bits per heavy atom. The number of aromatic nitrogens is 1. The van der Waals surface area contributed by atoms with Gasteiger partial charge in [-0.15, -0.1) is 0 Å². The van der Waals surface area contributed by atoms with Gasteiger partial charge in [-0.05, 0) is 64.9 Å². The van der Waals surface area contributed by atoms with E-state index in [4.69, 9.17) is 11.6 Å². The third-order valence-corrected chi connectivity index (χ3v) is 4.94. The first-order chi connectivity index (χ1) is 13.2. The van der Waals surface area contributed by atoms with E-state index < -0.39 is 0 Å². The summed E-state index contributed by atoms with van der Waals surface area (Å²) in [7, 11) is 1.79. The maximum atomic E-state index is 12.8.